The van der Waals surface area contributed by atoms with E-state index in [9.17, 15) is 14.4 Å². The Morgan fingerprint density at radius 3 is 2.47 bits per heavy atom. The lowest BCUT2D eigenvalue weighted by Gasteiger charge is -2.32. The number of ether oxygens (including phenoxy) is 2. The normalized spacial score (nSPS) is 15.0. The number of benzene rings is 1. The van der Waals surface area contributed by atoms with Crippen molar-refractivity contribution in [1.82, 2.24) is 15.5 Å². The fourth-order valence-corrected chi connectivity index (χ4v) is 3.07. The Balaban J connectivity index is 1.73. The molecule has 2 rings (SSSR count). The summed E-state index contributed by atoms with van der Waals surface area (Å²) in [5.41, 5.74) is 0.220. The standard InChI is InChI=1S/C22H31N3O5/c1-22(2,3)30-21(28)23-15-20(27)25-13-11-17(12-14-25)24-19(26)10-9-16-7-5-6-8-18(16)29-4/h5-10,17H,11-15H2,1-4H3,(H,23,28)(H,24,26)/b10-9+. The predicted octanol–water partition coefficient (Wildman–Crippen LogP) is 2.34. The maximum Gasteiger partial charge on any atom is 0.408 e. The second-order valence-electron chi connectivity index (χ2n) is 8.09. The first-order chi connectivity index (χ1) is 14.2. The molecule has 164 valence electrons. The van der Waals surface area contributed by atoms with E-state index in [0.717, 1.165) is 5.56 Å². The van der Waals surface area contributed by atoms with Gasteiger partial charge < -0.3 is 25.0 Å². The summed E-state index contributed by atoms with van der Waals surface area (Å²) in [6.07, 6.45) is 3.91. The van der Waals surface area contributed by atoms with Crippen LogP contribution in [0.4, 0.5) is 4.79 Å². The number of rotatable bonds is 6. The molecule has 1 aliphatic rings. The molecule has 0 aromatic heterocycles. The van der Waals surface area contributed by atoms with Gasteiger partial charge in [-0.25, -0.2) is 4.79 Å². The van der Waals surface area contributed by atoms with Crippen molar-refractivity contribution in [3.63, 3.8) is 0 Å². The van der Waals surface area contributed by atoms with Gasteiger partial charge in [0.15, 0.2) is 0 Å². The molecule has 0 bridgehead atoms. The van der Waals surface area contributed by atoms with Crippen LogP contribution in [0.1, 0.15) is 39.2 Å². The Morgan fingerprint density at radius 1 is 1.17 bits per heavy atom. The second kappa shape index (κ2) is 10.7. The lowest BCUT2D eigenvalue weighted by Crippen LogP contribution is -2.49. The molecular formula is C22H31N3O5. The number of nitrogens with one attached hydrogen (secondary N) is 2. The Labute approximate surface area is 177 Å². The van der Waals surface area contributed by atoms with E-state index in [1.54, 1.807) is 38.9 Å². The fraction of sp³-hybridized carbons (Fsp3) is 0.500. The maximum atomic E-state index is 12.3. The zero-order chi connectivity index (χ0) is 22.1. The van der Waals surface area contributed by atoms with Gasteiger partial charge in [-0.05, 0) is 45.8 Å². The molecule has 0 atom stereocenters. The first-order valence-electron chi connectivity index (χ1n) is 10.0. The molecule has 1 aliphatic heterocycles. The molecule has 2 N–H and O–H groups in total. The monoisotopic (exact) mass is 417 g/mol. The van der Waals surface area contributed by atoms with Crippen molar-refractivity contribution in [2.45, 2.75) is 45.3 Å². The minimum Gasteiger partial charge on any atom is -0.496 e. The summed E-state index contributed by atoms with van der Waals surface area (Å²) in [4.78, 5) is 37.8. The summed E-state index contributed by atoms with van der Waals surface area (Å²) in [6, 6.07) is 7.46. The number of methoxy groups -OCH3 is 1. The van der Waals surface area contributed by atoms with Gasteiger partial charge in [-0.2, -0.15) is 0 Å². The smallest absolute Gasteiger partial charge is 0.408 e. The van der Waals surface area contributed by atoms with Gasteiger partial charge in [0.25, 0.3) is 0 Å². The number of carbonyl (C=O) groups is 3. The number of piperidine rings is 1. The Morgan fingerprint density at radius 2 is 1.83 bits per heavy atom. The molecule has 1 heterocycles. The van der Waals surface area contributed by atoms with Gasteiger partial charge in [-0.1, -0.05) is 18.2 Å². The van der Waals surface area contributed by atoms with Crippen LogP contribution in [0.5, 0.6) is 5.75 Å². The van der Waals surface area contributed by atoms with Crippen LogP contribution in [0.2, 0.25) is 0 Å². The Hall–Kier alpha value is -3.03. The van der Waals surface area contributed by atoms with Gasteiger partial charge in [-0.3, -0.25) is 9.59 Å². The van der Waals surface area contributed by atoms with E-state index in [4.69, 9.17) is 9.47 Å². The number of amides is 3. The number of hydrogen-bond donors (Lipinski definition) is 2. The van der Waals surface area contributed by atoms with Crippen molar-refractivity contribution in [3.8, 4) is 5.75 Å². The van der Waals surface area contributed by atoms with Crippen molar-refractivity contribution in [2.24, 2.45) is 0 Å². The summed E-state index contributed by atoms with van der Waals surface area (Å²) in [7, 11) is 1.59. The van der Waals surface area contributed by atoms with Crippen LogP contribution in [-0.2, 0) is 14.3 Å². The molecule has 1 fully saturated rings. The first-order valence-corrected chi connectivity index (χ1v) is 10.0. The highest BCUT2D eigenvalue weighted by molar-refractivity contribution is 5.92. The largest absolute Gasteiger partial charge is 0.496 e. The van der Waals surface area contributed by atoms with Gasteiger partial charge in [0.05, 0.1) is 7.11 Å². The van der Waals surface area contributed by atoms with Crippen LogP contribution in [0, 0.1) is 0 Å². The van der Waals surface area contributed by atoms with Crippen LogP contribution >= 0.6 is 0 Å². The lowest BCUT2D eigenvalue weighted by atomic mass is 10.0. The highest BCUT2D eigenvalue weighted by atomic mass is 16.6. The van der Waals surface area contributed by atoms with Crippen LogP contribution in [0.25, 0.3) is 6.08 Å². The quantitative estimate of drug-likeness (QED) is 0.693. The van der Waals surface area contributed by atoms with Crippen molar-refractivity contribution in [1.29, 1.82) is 0 Å². The Kier molecular flexibility index (Phi) is 8.26. The molecule has 8 heteroatoms. The van der Waals surface area contributed by atoms with Gasteiger partial charge in [0, 0.05) is 30.8 Å². The summed E-state index contributed by atoms with van der Waals surface area (Å²) >= 11 is 0. The number of nitrogens with zero attached hydrogens (tertiary/aromatic N) is 1. The minimum absolute atomic E-state index is 0.00249. The topological polar surface area (TPSA) is 97.0 Å². The predicted molar refractivity (Wildman–Crippen MR) is 114 cm³/mol. The molecule has 30 heavy (non-hydrogen) atoms. The van der Waals surface area contributed by atoms with Crippen molar-refractivity contribution in [2.75, 3.05) is 26.7 Å². The number of alkyl carbamates (subject to hydrolysis) is 1. The van der Waals surface area contributed by atoms with Crippen molar-refractivity contribution < 1.29 is 23.9 Å². The average molecular weight is 418 g/mol. The molecule has 0 aliphatic carbocycles. The number of para-hydroxylation sites is 1. The van der Waals surface area contributed by atoms with E-state index < -0.39 is 11.7 Å². The molecule has 0 unspecified atom stereocenters. The molecule has 1 saturated heterocycles. The molecule has 0 radical (unpaired) electrons. The summed E-state index contributed by atoms with van der Waals surface area (Å²) in [5, 5.41) is 5.45. The summed E-state index contributed by atoms with van der Waals surface area (Å²) < 4.78 is 10.4. The molecular weight excluding hydrogens is 386 g/mol. The van der Waals surface area contributed by atoms with Gasteiger partial charge >= 0.3 is 6.09 Å². The van der Waals surface area contributed by atoms with E-state index in [1.165, 1.54) is 6.08 Å². The fourth-order valence-electron chi connectivity index (χ4n) is 3.07. The highest BCUT2D eigenvalue weighted by Crippen LogP contribution is 2.18. The van der Waals surface area contributed by atoms with Gasteiger partial charge in [-0.15, -0.1) is 0 Å². The maximum absolute atomic E-state index is 12.3. The average Bonchev–Trinajstić information content (AvgIpc) is 2.70. The van der Waals surface area contributed by atoms with Crippen LogP contribution in [0.15, 0.2) is 30.3 Å². The second-order valence-corrected chi connectivity index (χ2v) is 8.09. The molecule has 0 saturated carbocycles. The zero-order valence-corrected chi connectivity index (χ0v) is 18.1. The van der Waals surface area contributed by atoms with E-state index in [0.29, 0.717) is 31.7 Å². The van der Waals surface area contributed by atoms with Crippen LogP contribution in [0.3, 0.4) is 0 Å². The first kappa shape index (κ1) is 23.3. The van der Waals surface area contributed by atoms with E-state index in [2.05, 4.69) is 10.6 Å². The molecule has 1 aromatic rings. The number of carbonyl (C=O) groups excluding carboxylic acids is 3. The van der Waals surface area contributed by atoms with E-state index in [1.807, 2.05) is 24.3 Å². The minimum atomic E-state index is -0.611. The number of likely N-dealkylation sites (tertiary alicyclic amines) is 1. The third kappa shape index (κ3) is 7.77. The molecule has 1 aromatic carbocycles. The van der Waals surface area contributed by atoms with Crippen LogP contribution in [-0.4, -0.2) is 61.2 Å². The third-order valence-corrected chi connectivity index (χ3v) is 4.53. The number of hydrogen-bond acceptors (Lipinski definition) is 5. The van der Waals surface area contributed by atoms with Gasteiger partial charge in [0.1, 0.15) is 17.9 Å². The van der Waals surface area contributed by atoms with Crippen molar-refractivity contribution in [3.05, 3.63) is 35.9 Å². The third-order valence-electron chi connectivity index (χ3n) is 4.53. The highest BCUT2D eigenvalue weighted by Gasteiger charge is 2.24. The lowest BCUT2D eigenvalue weighted by molar-refractivity contribution is -0.131. The van der Waals surface area contributed by atoms with Crippen molar-refractivity contribution >= 4 is 24.0 Å². The summed E-state index contributed by atoms with van der Waals surface area (Å²) in [6.45, 7) is 6.23. The van der Waals surface area contributed by atoms with Crippen LogP contribution < -0.4 is 15.4 Å². The Bertz CT molecular complexity index is 777. The van der Waals surface area contributed by atoms with E-state index >= 15 is 0 Å². The van der Waals surface area contributed by atoms with E-state index in [-0.39, 0.29) is 24.4 Å². The van der Waals surface area contributed by atoms with Gasteiger partial charge in [0.2, 0.25) is 11.8 Å². The summed E-state index contributed by atoms with van der Waals surface area (Å²) in [5.74, 6) is 0.354. The molecule has 0 spiro atoms. The SMILES string of the molecule is COc1ccccc1/C=C/C(=O)NC1CCN(C(=O)CNC(=O)OC(C)(C)C)CC1. The molecule has 8 nitrogen and oxygen atoms in total. The molecule has 3 amide bonds. The zero-order valence-electron chi connectivity index (χ0n) is 18.1.